The monoisotopic (exact) mass is 405 g/mol. The number of pyridine rings is 1. The highest BCUT2D eigenvalue weighted by Crippen LogP contribution is 2.56. The average molecular weight is 405 g/mol. The van der Waals surface area contributed by atoms with Crippen LogP contribution in [0.15, 0.2) is 18.5 Å². The number of halogens is 2. The van der Waals surface area contributed by atoms with E-state index in [2.05, 4.69) is 33.0 Å². The lowest BCUT2D eigenvalue weighted by molar-refractivity contribution is -0.0616. The van der Waals surface area contributed by atoms with Crippen molar-refractivity contribution in [2.75, 3.05) is 32.0 Å². The number of likely N-dealkylation sites (tertiary alicyclic amines) is 1. The third-order valence-electron chi connectivity index (χ3n) is 6.31. The van der Waals surface area contributed by atoms with Crippen molar-refractivity contribution < 1.29 is 18.3 Å². The molecule has 0 radical (unpaired) electrons. The molecule has 0 amide bonds. The molecule has 3 aliphatic rings. The lowest BCUT2D eigenvalue weighted by Crippen LogP contribution is -2.49. The molecular weight excluding hydrogens is 380 g/mol. The Morgan fingerprint density at radius 1 is 1.24 bits per heavy atom. The zero-order chi connectivity index (χ0) is 20.3. The highest BCUT2D eigenvalue weighted by atomic mass is 19.3. The molecule has 2 saturated heterocycles. The van der Waals surface area contributed by atoms with Gasteiger partial charge >= 0.3 is 6.61 Å². The van der Waals surface area contributed by atoms with Crippen LogP contribution in [0.25, 0.3) is 11.3 Å². The van der Waals surface area contributed by atoms with Crippen LogP contribution in [0.3, 0.4) is 0 Å². The van der Waals surface area contributed by atoms with E-state index in [-0.39, 0.29) is 17.5 Å². The van der Waals surface area contributed by atoms with Crippen LogP contribution >= 0.6 is 0 Å². The normalized spacial score (nSPS) is 26.8. The maximum absolute atomic E-state index is 12.6. The van der Waals surface area contributed by atoms with Crippen molar-refractivity contribution in [2.24, 2.45) is 11.8 Å². The van der Waals surface area contributed by atoms with Crippen molar-refractivity contribution in [3.05, 3.63) is 24.3 Å². The van der Waals surface area contributed by atoms with Crippen molar-refractivity contribution in [2.45, 2.75) is 38.5 Å². The van der Waals surface area contributed by atoms with Gasteiger partial charge in [-0.2, -0.15) is 8.78 Å². The molecule has 29 heavy (non-hydrogen) atoms. The molecule has 1 saturated carbocycles. The summed E-state index contributed by atoms with van der Waals surface area (Å²) in [6.45, 7) is 5.19. The van der Waals surface area contributed by atoms with Gasteiger partial charge in [0.05, 0.1) is 24.9 Å². The first-order chi connectivity index (χ1) is 13.9. The second-order valence-corrected chi connectivity index (χ2v) is 8.50. The number of nitrogen functional groups attached to an aromatic ring is 1. The lowest BCUT2D eigenvalue weighted by Gasteiger charge is -2.36. The van der Waals surface area contributed by atoms with Crippen LogP contribution in [0, 0.1) is 11.8 Å². The van der Waals surface area contributed by atoms with E-state index in [4.69, 9.17) is 15.5 Å². The molecule has 3 fully saturated rings. The minimum Gasteiger partial charge on any atom is -0.431 e. The summed E-state index contributed by atoms with van der Waals surface area (Å²) in [5.41, 5.74) is 6.99. The number of piperidine rings is 1. The second-order valence-electron chi connectivity index (χ2n) is 8.50. The SMILES string of the molecule is CC(C)c1nc(-c2cnc(N)c(OC(F)F)c2)cn1[C@@H]1[C@@H]2CN(C3COC3)C[C@@H]21. The van der Waals surface area contributed by atoms with Crippen LogP contribution in [0.1, 0.15) is 31.6 Å². The van der Waals surface area contributed by atoms with Crippen molar-refractivity contribution in [1.82, 2.24) is 19.4 Å². The number of nitrogens with zero attached hydrogens (tertiary/aromatic N) is 4. The maximum atomic E-state index is 12.6. The third kappa shape index (κ3) is 3.26. The molecule has 3 atom stereocenters. The standard InChI is InChI=1S/C20H25F2N5O2/c1-10(2)19-25-15(11-3-16(29-20(21)22)18(23)24-4-11)7-27(19)17-13-5-26(6-14(13)17)12-8-28-9-12/h3-4,7,10,12-14,17,20H,5-6,8-9H2,1-2H3,(H2,23,24)/t13-,14+,17-. The first kappa shape index (κ1) is 18.7. The Morgan fingerprint density at radius 2 is 1.97 bits per heavy atom. The summed E-state index contributed by atoms with van der Waals surface area (Å²) >= 11 is 0. The Morgan fingerprint density at radius 3 is 2.55 bits per heavy atom. The summed E-state index contributed by atoms with van der Waals surface area (Å²) in [6.07, 6.45) is 3.57. The molecule has 5 rings (SSSR count). The number of rotatable bonds is 6. The number of hydrogen-bond acceptors (Lipinski definition) is 6. The molecule has 4 heterocycles. The smallest absolute Gasteiger partial charge is 0.387 e. The largest absolute Gasteiger partial charge is 0.431 e. The number of hydrogen-bond donors (Lipinski definition) is 1. The first-order valence-electron chi connectivity index (χ1n) is 10.0. The molecule has 0 bridgehead atoms. The van der Waals surface area contributed by atoms with Gasteiger partial charge < -0.3 is 19.8 Å². The zero-order valence-corrected chi connectivity index (χ0v) is 16.5. The Hall–Kier alpha value is -2.26. The molecule has 2 aromatic rings. The Labute approximate surface area is 167 Å². The number of aromatic nitrogens is 3. The van der Waals surface area contributed by atoms with Crippen LogP contribution in [-0.4, -0.2) is 58.4 Å². The molecule has 2 aliphatic heterocycles. The summed E-state index contributed by atoms with van der Waals surface area (Å²) in [6, 6.07) is 2.52. The molecule has 7 nitrogen and oxygen atoms in total. The molecule has 2 N–H and O–H groups in total. The topological polar surface area (TPSA) is 78.4 Å². The number of nitrogens with two attached hydrogens (primary N) is 1. The van der Waals surface area contributed by atoms with E-state index in [0.717, 1.165) is 32.1 Å². The van der Waals surface area contributed by atoms with Gasteiger partial charge in [-0.3, -0.25) is 4.90 Å². The van der Waals surface area contributed by atoms with E-state index in [1.807, 2.05) is 6.20 Å². The number of fused-ring (bicyclic) bond motifs is 1. The lowest BCUT2D eigenvalue weighted by atomic mass is 10.2. The average Bonchev–Trinajstić information content (AvgIpc) is 2.96. The predicted molar refractivity (Wildman–Crippen MR) is 103 cm³/mol. The van der Waals surface area contributed by atoms with Crippen LogP contribution in [0.5, 0.6) is 5.75 Å². The fourth-order valence-electron chi connectivity index (χ4n) is 4.67. The van der Waals surface area contributed by atoms with E-state index >= 15 is 0 Å². The summed E-state index contributed by atoms with van der Waals surface area (Å²) < 4.78 is 37.4. The van der Waals surface area contributed by atoms with E-state index in [0.29, 0.717) is 35.2 Å². The molecule has 2 aromatic heterocycles. The van der Waals surface area contributed by atoms with Gasteiger partial charge in [-0.05, 0) is 17.9 Å². The summed E-state index contributed by atoms with van der Waals surface area (Å²) in [7, 11) is 0. The van der Waals surface area contributed by atoms with E-state index < -0.39 is 6.61 Å². The van der Waals surface area contributed by atoms with Gasteiger partial charge in [0, 0.05) is 43.0 Å². The molecule has 0 spiro atoms. The first-order valence-corrected chi connectivity index (χ1v) is 10.0. The highest BCUT2D eigenvalue weighted by Gasteiger charge is 2.58. The zero-order valence-electron chi connectivity index (χ0n) is 16.5. The predicted octanol–water partition coefficient (Wildman–Crippen LogP) is 2.75. The minimum atomic E-state index is -2.95. The van der Waals surface area contributed by atoms with Gasteiger partial charge in [-0.15, -0.1) is 0 Å². The maximum Gasteiger partial charge on any atom is 0.387 e. The van der Waals surface area contributed by atoms with Crippen LogP contribution in [-0.2, 0) is 4.74 Å². The fourth-order valence-corrected chi connectivity index (χ4v) is 4.67. The summed E-state index contributed by atoms with van der Waals surface area (Å²) in [5, 5.41) is 0. The Balaban J connectivity index is 1.40. The Kier molecular flexibility index (Phi) is 4.47. The van der Waals surface area contributed by atoms with E-state index in [9.17, 15) is 8.78 Å². The number of anilines is 1. The van der Waals surface area contributed by atoms with Gasteiger partial charge in [0.1, 0.15) is 5.82 Å². The van der Waals surface area contributed by atoms with Gasteiger partial charge in [0.2, 0.25) is 0 Å². The molecular formula is C20H25F2N5O2. The van der Waals surface area contributed by atoms with E-state index in [1.54, 1.807) is 6.20 Å². The van der Waals surface area contributed by atoms with Crippen LogP contribution in [0.2, 0.25) is 0 Å². The van der Waals surface area contributed by atoms with E-state index in [1.165, 1.54) is 6.07 Å². The van der Waals surface area contributed by atoms with Gasteiger partial charge in [0.25, 0.3) is 0 Å². The molecule has 1 aliphatic carbocycles. The number of ether oxygens (including phenoxy) is 2. The van der Waals surface area contributed by atoms with Gasteiger partial charge in [0.15, 0.2) is 11.6 Å². The molecule has 156 valence electrons. The number of alkyl halides is 2. The molecule has 0 unspecified atom stereocenters. The van der Waals surface area contributed by atoms with Crippen LogP contribution < -0.4 is 10.5 Å². The summed E-state index contributed by atoms with van der Waals surface area (Å²) in [4.78, 5) is 11.4. The molecule has 0 aromatic carbocycles. The van der Waals surface area contributed by atoms with Crippen LogP contribution in [0.4, 0.5) is 14.6 Å². The fraction of sp³-hybridized carbons (Fsp3) is 0.600. The highest BCUT2D eigenvalue weighted by molar-refractivity contribution is 5.64. The number of imidazole rings is 1. The van der Waals surface area contributed by atoms with Crippen molar-refractivity contribution in [3.63, 3.8) is 0 Å². The minimum absolute atomic E-state index is 0.0608. The molecule has 9 heteroatoms. The quantitative estimate of drug-likeness (QED) is 0.796. The summed E-state index contributed by atoms with van der Waals surface area (Å²) in [5.74, 6) is 2.34. The Bertz CT molecular complexity index is 902. The van der Waals surface area contributed by atoms with Crippen molar-refractivity contribution >= 4 is 5.82 Å². The van der Waals surface area contributed by atoms with Crippen molar-refractivity contribution in [3.8, 4) is 17.0 Å². The third-order valence-corrected chi connectivity index (χ3v) is 6.31. The second kappa shape index (κ2) is 6.91. The van der Waals surface area contributed by atoms with Gasteiger partial charge in [-0.25, -0.2) is 9.97 Å². The van der Waals surface area contributed by atoms with Gasteiger partial charge in [-0.1, -0.05) is 13.8 Å². The van der Waals surface area contributed by atoms with Crippen molar-refractivity contribution in [1.29, 1.82) is 0 Å².